The first-order chi connectivity index (χ1) is 26.7. The molecule has 0 saturated carbocycles. The Hall–Kier alpha value is -7.43. The fourth-order valence-electron chi connectivity index (χ4n) is 6.47. The van der Waals surface area contributed by atoms with Crippen LogP contribution in [0.3, 0.4) is 0 Å². The Morgan fingerprint density at radius 1 is 0.782 bits per heavy atom. The number of rotatable bonds is 11. The van der Waals surface area contributed by atoms with Gasteiger partial charge in [-0.2, -0.15) is 5.10 Å². The third-order valence-corrected chi connectivity index (χ3v) is 9.16. The number of nitrogens with one attached hydrogen (secondary N) is 1. The summed E-state index contributed by atoms with van der Waals surface area (Å²) in [6.45, 7) is 3.01. The number of aromatic nitrogens is 11. The van der Waals surface area contributed by atoms with Crippen LogP contribution in [-0.4, -0.2) is 68.1 Å². The minimum atomic E-state index is -0.128. The SMILES string of the molecule is CCn1cccc(Cn2cc(-c3nc(Nc4cc(OC)c5nc(N)nc(-c6cn(Cc7cccn(C)c7=O)nn6)c5c4)nc4c(OC)cccc34)cn2)c1=O. The summed E-state index contributed by atoms with van der Waals surface area (Å²) in [5.41, 5.74) is 10.9. The molecule has 0 radical (unpaired) electrons. The van der Waals surface area contributed by atoms with Crippen molar-refractivity contribution >= 4 is 39.4 Å². The lowest BCUT2D eigenvalue weighted by molar-refractivity contribution is 0.418. The van der Waals surface area contributed by atoms with E-state index in [0.717, 1.165) is 5.39 Å². The van der Waals surface area contributed by atoms with Gasteiger partial charge < -0.3 is 29.7 Å². The van der Waals surface area contributed by atoms with Gasteiger partial charge in [0.25, 0.3) is 11.1 Å². The van der Waals surface area contributed by atoms with Crippen LogP contribution >= 0.6 is 0 Å². The molecule has 0 fully saturated rings. The number of hydrogen-bond donors (Lipinski definition) is 2. The molecule has 0 amide bonds. The number of hydrogen-bond acceptors (Lipinski definition) is 13. The number of ether oxygens (including phenoxy) is 2. The van der Waals surface area contributed by atoms with E-state index in [0.29, 0.717) is 80.5 Å². The zero-order valence-electron chi connectivity index (χ0n) is 30.3. The third-order valence-electron chi connectivity index (χ3n) is 9.16. The third kappa shape index (κ3) is 6.58. The van der Waals surface area contributed by atoms with Gasteiger partial charge in [-0.05, 0) is 31.2 Å². The van der Waals surface area contributed by atoms with Crippen LogP contribution in [0.1, 0.15) is 18.1 Å². The van der Waals surface area contributed by atoms with Crippen molar-refractivity contribution in [3.05, 3.63) is 117 Å². The highest BCUT2D eigenvalue weighted by Crippen LogP contribution is 2.37. The van der Waals surface area contributed by atoms with Gasteiger partial charge >= 0.3 is 0 Å². The smallest absolute Gasteiger partial charge is 0.255 e. The fraction of sp³-hybridized carbons (Fsp3) is 0.184. The largest absolute Gasteiger partial charge is 0.494 e. The zero-order chi connectivity index (χ0) is 38.2. The maximum absolute atomic E-state index is 12.9. The topological polar surface area (TPSA) is 201 Å². The van der Waals surface area contributed by atoms with Crippen LogP contribution in [0.5, 0.6) is 11.5 Å². The number of nitrogens with two attached hydrogens (primary N) is 1. The van der Waals surface area contributed by atoms with E-state index in [1.807, 2.05) is 49.5 Å². The van der Waals surface area contributed by atoms with Crippen molar-refractivity contribution in [1.82, 2.24) is 53.8 Å². The average molecular weight is 738 g/mol. The molecular formula is C38H35N13O4. The summed E-state index contributed by atoms with van der Waals surface area (Å²) in [5, 5.41) is 17.9. The Kier molecular flexibility index (Phi) is 8.94. The molecule has 17 nitrogen and oxygen atoms in total. The molecule has 0 saturated heterocycles. The van der Waals surface area contributed by atoms with E-state index in [1.54, 1.807) is 71.1 Å². The molecule has 276 valence electrons. The summed E-state index contributed by atoms with van der Waals surface area (Å²) in [5.74, 6) is 1.26. The van der Waals surface area contributed by atoms with E-state index in [4.69, 9.17) is 25.2 Å². The molecule has 8 rings (SSSR count). The van der Waals surface area contributed by atoms with Crippen molar-refractivity contribution in [2.45, 2.75) is 26.6 Å². The Labute approximate surface area is 312 Å². The first kappa shape index (κ1) is 34.6. The number of nitrogen functional groups attached to an aromatic ring is 1. The second kappa shape index (κ2) is 14.2. The second-order valence-corrected chi connectivity index (χ2v) is 12.7. The lowest BCUT2D eigenvalue weighted by atomic mass is 10.1. The number of para-hydroxylation sites is 1. The molecule has 0 aliphatic rings. The molecule has 3 N–H and O–H groups in total. The summed E-state index contributed by atoms with van der Waals surface area (Å²) >= 11 is 0. The monoisotopic (exact) mass is 737 g/mol. The van der Waals surface area contributed by atoms with Crippen LogP contribution in [0.2, 0.25) is 0 Å². The molecule has 0 aliphatic carbocycles. The molecule has 6 aromatic heterocycles. The van der Waals surface area contributed by atoms with Gasteiger partial charge in [0.1, 0.15) is 33.9 Å². The maximum atomic E-state index is 12.9. The van der Waals surface area contributed by atoms with Gasteiger partial charge in [0.2, 0.25) is 11.9 Å². The molecule has 0 spiro atoms. The summed E-state index contributed by atoms with van der Waals surface area (Å²) in [6, 6.07) is 16.4. The highest BCUT2D eigenvalue weighted by Gasteiger charge is 2.20. The van der Waals surface area contributed by atoms with Crippen LogP contribution in [0.4, 0.5) is 17.6 Å². The molecule has 8 aromatic rings. The number of benzene rings is 2. The lowest BCUT2D eigenvalue weighted by Gasteiger charge is -2.14. The number of pyridine rings is 2. The van der Waals surface area contributed by atoms with Gasteiger partial charge in [-0.1, -0.05) is 29.5 Å². The predicted octanol–water partition coefficient (Wildman–Crippen LogP) is 4.01. The van der Waals surface area contributed by atoms with Crippen LogP contribution in [0.15, 0.2) is 95.2 Å². The molecule has 0 unspecified atom stereocenters. The highest BCUT2D eigenvalue weighted by molar-refractivity contribution is 5.99. The average Bonchev–Trinajstić information content (AvgIpc) is 3.86. The number of aryl methyl sites for hydroxylation is 2. The van der Waals surface area contributed by atoms with E-state index in [9.17, 15) is 9.59 Å². The van der Waals surface area contributed by atoms with Crippen molar-refractivity contribution in [1.29, 1.82) is 0 Å². The molecule has 2 aromatic carbocycles. The summed E-state index contributed by atoms with van der Waals surface area (Å²) in [7, 11) is 4.82. The summed E-state index contributed by atoms with van der Waals surface area (Å²) < 4.78 is 17.9. The van der Waals surface area contributed by atoms with Crippen molar-refractivity contribution in [3.63, 3.8) is 0 Å². The second-order valence-electron chi connectivity index (χ2n) is 12.7. The standard InChI is InChI=1S/C38H35N13O4/c1-5-49-14-8-10-23(36(49)53)18-50-20-24(17-40-50)31-26-11-6-12-29(54-3)33(26)45-38(44-31)41-25-15-27-32(42-37(39)43-34(27)30(16-25)55-4)28-21-51(47-46-28)19-22-9-7-13-48(2)35(22)52/h6-17,20-21H,5,18-19H2,1-4H3,(H2,39,42,43)(H,41,44,45). The van der Waals surface area contributed by atoms with E-state index < -0.39 is 0 Å². The van der Waals surface area contributed by atoms with Crippen LogP contribution in [0.25, 0.3) is 44.5 Å². The van der Waals surface area contributed by atoms with Gasteiger partial charge in [-0.15, -0.1) is 5.10 Å². The molecule has 17 heteroatoms. The molecule has 0 bridgehead atoms. The van der Waals surface area contributed by atoms with Gasteiger partial charge in [-0.3, -0.25) is 14.3 Å². The fourth-order valence-corrected chi connectivity index (χ4v) is 6.47. The van der Waals surface area contributed by atoms with Crippen LogP contribution in [-0.2, 0) is 26.7 Å². The van der Waals surface area contributed by atoms with Crippen LogP contribution in [0, 0.1) is 0 Å². The number of fused-ring (bicyclic) bond motifs is 2. The lowest BCUT2D eigenvalue weighted by Crippen LogP contribution is -2.23. The quantitative estimate of drug-likeness (QED) is 0.193. The molecule has 6 heterocycles. The van der Waals surface area contributed by atoms with Gasteiger partial charge in [0, 0.05) is 71.4 Å². The maximum Gasteiger partial charge on any atom is 0.255 e. The first-order valence-corrected chi connectivity index (χ1v) is 17.3. The van der Waals surface area contributed by atoms with Crippen molar-refractivity contribution in [3.8, 4) is 34.1 Å². The first-order valence-electron chi connectivity index (χ1n) is 17.3. The molecule has 0 atom stereocenters. The summed E-state index contributed by atoms with van der Waals surface area (Å²) in [6.07, 6.45) is 8.72. The number of anilines is 3. The highest BCUT2D eigenvalue weighted by atomic mass is 16.5. The Morgan fingerprint density at radius 3 is 2.35 bits per heavy atom. The van der Waals surface area contributed by atoms with Crippen molar-refractivity contribution < 1.29 is 9.47 Å². The summed E-state index contributed by atoms with van der Waals surface area (Å²) in [4.78, 5) is 44.4. The van der Waals surface area contributed by atoms with Crippen molar-refractivity contribution in [2.24, 2.45) is 7.05 Å². The normalized spacial score (nSPS) is 11.3. The molecule has 55 heavy (non-hydrogen) atoms. The predicted molar refractivity (Wildman–Crippen MR) is 206 cm³/mol. The van der Waals surface area contributed by atoms with Gasteiger partial charge in [0.05, 0.1) is 45.4 Å². The van der Waals surface area contributed by atoms with Crippen LogP contribution < -0.4 is 31.6 Å². The van der Waals surface area contributed by atoms with Crippen molar-refractivity contribution in [2.75, 3.05) is 25.3 Å². The van der Waals surface area contributed by atoms with E-state index in [-0.39, 0.29) is 29.6 Å². The van der Waals surface area contributed by atoms with Gasteiger partial charge in [-0.25, -0.2) is 24.6 Å². The minimum absolute atomic E-state index is 0.0198. The molecule has 0 aliphatic heterocycles. The zero-order valence-corrected chi connectivity index (χ0v) is 30.3. The number of nitrogens with zero attached hydrogens (tertiary/aromatic N) is 11. The Balaban J connectivity index is 1.19. The van der Waals surface area contributed by atoms with E-state index >= 15 is 0 Å². The van der Waals surface area contributed by atoms with E-state index in [2.05, 4.69) is 30.7 Å². The number of methoxy groups -OCH3 is 2. The van der Waals surface area contributed by atoms with Gasteiger partial charge in [0.15, 0.2) is 0 Å². The molecular weight excluding hydrogens is 703 g/mol. The minimum Gasteiger partial charge on any atom is -0.494 e. The Morgan fingerprint density at radius 2 is 1.55 bits per heavy atom. The van der Waals surface area contributed by atoms with E-state index in [1.165, 1.54) is 11.7 Å². The Bertz CT molecular complexity index is 2860.